The van der Waals surface area contributed by atoms with Crippen molar-refractivity contribution in [2.75, 3.05) is 5.32 Å². The van der Waals surface area contributed by atoms with Crippen LogP contribution in [0.2, 0.25) is 0 Å². The molecule has 0 aliphatic heterocycles. The number of benzene rings is 1. The Hall–Kier alpha value is -0.870. The van der Waals surface area contributed by atoms with E-state index in [4.69, 9.17) is 0 Å². The molecule has 2 nitrogen and oxygen atoms in total. The Morgan fingerprint density at radius 1 is 1.33 bits per heavy atom. The summed E-state index contributed by atoms with van der Waals surface area (Å²) in [6.07, 6.45) is 1.10. The van der Waals surface area contributed by atoms with Crippen molar-refractivity contribution in [1.29, 1.82) is 0 Å². The van der Waals surface area contributed by atoms with E-state index >= 15 is 0 Å². The van der Waals surface area contributed by atoms with Crippen molar-refractivity contribution >= 4 is 32.4 Å². The van der Waals surface area contributed by atoms with Crippen LogP contribution in [0.4, 0.5) is 5.13 Å². The van der Waals surface area contributed by atoms with E-state index in [1.807, 2.05) is 0 Å². The van der Waals surface area contributed by atoms with E-state index < -0.39 is 0 Å². The van der Waals surface area contributed by atoms with Crippen LogP contribution >= 0.6 is 27.3 Å². The molecule has 0 aliphatic carbocycles. The van der Waals surface area contributed by atoms with Gasteiger partial charge in [-0.3, -0.25) is 0 Å². The Kier molecular flexibility index (Phi) is 4.40. The van der Waals surface area contributed by atoms with Crippen LogP contribution in [0.3, 0.4) is 0 Å². The average molecular weight is 325 g/mol. The molecule has 18 heavy (non-hydrogen) atoms. The molecule has 0 saturated heterocycles. The van der Waals surface area contributed by atoms with Crippen LogP contribution < -0.4 is 5.32 Å². The lowest BCUT2D eigenvalue weighted by molar-refractivity contribution is 0.763. The van der Waals surface area contributed by atoms with Gasteiger partial charge in [0.05, 0.1) is 5.69 Å². The minimum absolute atomic E-state index is 0.466. The van der Waals surface area contributed by atoms with Gasteiger partial charge in [0.1, 0.15) is 0 Å². The maximum absolute atomic E-state index is 4.69. The molecule has 1 atom stereocenters. The molecule has 0 unspecified atom stereocenters. The molecule has 0 bridgehead atoms. The number of aryl methyl sites for hydroxylation is 1. The SMILES string of the molecule is CC[C@@H](C)Nc1nc(-c2ccc(Br)cc2)c(C)s1. The van der Waals surface area contributed by atoms with Gasteiger partial charge in [0.2, 0.25) is 0 Å². The van der Waals surface area contributed by atoms with Gasteiger partial charge in [-0.05, 0) is 32.4 Å². The molecule has 96 valence electrons. The minimum Gasteiger partial charge on any atom is -0.359 e. The second-order valence-corrected chi connectivity index (χ2v) is 6.50. The van der Waals surface area contributed by atoms with Crippen molar-refractivity contribution in [2.45, 2.75) is 33.2 Å². The summed E-state index contributed by atoms with van der Waals surface area (Å²) in [5.74, 6) is 0. The van der Waals surface area contributed by atoms with E-state index in [1.54, 1.807) is 11.3 Å². The van der Waals surface area contributed by atoms with Gasteiger partial charge in [0.15, 0.2) is 5.13 Å². The van der Waals surface area contributed by atoms with Gasteiger partial charge in [-0.15, -0.1) is 11.3 Å². The Bertz CT molecular complexity index is 519. The lowest BCUT2D eigenvalue weighted by Crippen LogP contribution is -2.12. The van der Waals surface area contributed by atoms with E-state index in [0.717, 1.165) is 21.7 Å². The first-order valence-electron chi connectivity index (χ1n) is 6.10. The highest BCUT2D eigenvalue weighted by atomic mass is 79.9. The smallest absolute Gasteiger partial charge is 0.183 e. The summed E-state index contributed by atoms with van der Waals surface area (Å²) in [7, 11) is 0. The van der Waals surface area contributed by atoms with E-state index in [2.05, 4.69) is 71.3 Å². The monoisotopic (exact) mass is 324 g/mol. The number of anilines is 1. The van der Waals surface area contributed by atoms with Gasteiger partial charge < -0.3 is 5.32 Å². The summed E-state index contributed by atoms with van der Waals surface area (Å²) >= 11 is 5.18. The minimum atomic E-state index is 0.466. The normalized spacial score (nSPS) is 12.4. The van der Waals surface area contributed by atoms with Crippen molar-refractivity contribution in [3.8, 4) is 11.3 Å². The third-order valence-electron chi connectivity index (χ3n) is 2.90. The zero-order chi connectivity index (χ0) is 13.1. The van der Waals surface area contributed by atoms with E-state index in [0.29, 0.717) is 6.04 Å². The standard InChI is InChI=1S/C14H17BrN2S/c1-4-9(2)16-14-17-13(10(3)18-14)11-5-7-12(15)8-6-11/h5-9H,4H2,1-3H3,(H,16,17)/t9-/m1/s1. The van der Waals surface area contributed by atoms with Crippen LogP contribution in [-0.4, -0.2) is 11.0 Å². The van der Waals surface area contributed by atoms with E-state index in [1.165, 1.54) is 10.4 Å². The van der Waals surface area contributed by atoms with Crippen molar-refractivity contribution in [2.24, 2.45) is 0 Å². The third-order valence-corrected chi connectivity index (χ3v) is 4.33. The quantitative estimate of drug-likeness (QED) is 0.847. The molecule has 1 heterocycles. The van der Waals surface area contributed by atoms with Crippen molar-refractivity contribution in [3.05, 3.63) is 33.6 Å². The van der Waals surface area contributed by atoms with Gasteiger partial charge in [0.25, 0.3) is 0 Å². The van der Waals surface area contributed by atoms with Crippen LogP contribution in [0.1, 0.15) is 25.1 Å². The summed E-state index contributed by atoms with van der Waals surface area (Å²) in [6, 6.07) is 8.76. The molecule has 0 radical (unpaired) electrons. The molecule has 0 spiro atoms. The molecule has 2 aromatic rings. The topological polar surface area (TPSA) is 24.9 Å². The molecule has 4 heteroatoms. The summed E-state index contributed by atoms with van der Waals surface area (Å²) < 4.78 is 1.09. The molecular formula is C14H17BrN2S. The highest BCUT2D eigenvalue weighted by Crippen LogP contribution is 2.31. The predicted octanol–water partition coefficient (Wildman–Crippen LogP) is 5.09. The zero-order valence-electron chi connectivity index (χ0n) is 10.8. The number of rotatable bonds is 4. The van der Waals surface area contributed by atoms with Crippen LogP contribution in [-0.2, 0) is 0 Å². The second-order valence-electron chi connectivity index (χ2n) is 4.38. The third kappa shape index (κ3) is 3.12. The summed E-state index contributed by atoms with van der Waals surface area (Å²) in [4.78, 5) is 5.94. The molecule has 0 fully saturated rings. The number of hydrogen-bond acceptors (Lipinski definition) is 3. The fourth-order valence-electron chi connectivity index (χ4n) is 1.65. The number of halogens is 1. The molecule has 0 aliphatic rings. The predicted molar refractivity (Wildman–Crippen MR) is 83.4 cm³/mol. The highest BCUT2D eigenvalue weighted by molar-refractivity contribution is 9.10. The van der Waals surface area contributed by atoms with Crippen molar-refractivity contribution in [1.82, 2.24) is 4.98 Å². The Morgan fingerprint density at radius 3 is 2.61 bits per heavy atom. The maximum atomic E-state index is 4.69. The number of hydrogen-bond donors (Lipinski definition) is 1. The summed E-state index contributed by atoms with van der Waals surface area (Å²) in [5.41, 5.74) is 2.25. The zero-order valence-corrected chi connectivity index (χ0v) is 13.2. The first kappa shape index (κ1) is 13.6. The molecule has 0 amide bonds. The first-order chi connectivity index (χ1) is 8.60. The number of nitrogens with one attached hydrogen (secondary N) is 1. The van der Waals surface area contributed by atoms with Crippen molar-refractivity contribution in [3.63, 3.8) is 0 Å². The van der Waals surface area contributed by atoms with Gasteiger partial charge >= 0.3 is 0 Å². The number of thiazole rings is 1. The fourth-order valence-corrected chi connectivity index (χ4v) is 2.86. The summed E-state index contributed by atoms with van der Waals surface area (Å²) in [5, 5.41) is 4.45. The molecule has 1 aromatic heterocycles. The molecule has 1 aromatic carbocycles. The van der Waals surface area contributed by atoms with Gasteiger partial charge in [0, 0.05) is 21.0 Å². The highest BCUT2D eigenvalue weighted by Gasteiger charge is 2.10. The van der Waals surface area contributed by atoms with E-state index in [9.17, 15) is 0 Å². The summed E-state index contributed by atoms with van der Waals surface area (Å²) in [6.45, 7) is 6.47. The van der Waals surface area contributed by atoms with Crippen LogP contribution in [0.25, 0.3) is 11.3 Å². The fraction of sp³-hybridized carbons (Fsp3) is 0.357. The molecule has 0 saturated carbocycles. The second kappa shape index (κ2) is 5.85. The van der Waals surface area contributed by atoms with Crippen LogP contribution in [0, 0.1) is 6.92 Å². The maximum Gasteiger partial charge on any atom is 0.183 e. The van der Waals surface area contributed by atoms with Crippen molar-refractivity contribution < 1.29 is 0 Å². The molecule has 2 rings (SSSR count). The Morgan fingerprint density at radius 2 is 2.00 bits per heavy atom. The van der Waals surface area contributed by atoms with E-state index in [-0.39, 0.29) is 0 Å². The van der Waals surface area contributed by atoms with Crippen LogP contribution in [0.15, 0.2) is 28.7 Å². The molecular weight excluding hydrogens is 308 g/mol. The van der Waals surface area contributed by atoms with Gasteiger partial charge in [-0.25, -0.2) is 4.98 Å². The lowest BCUT2D eigenvalue weighted by Gasteiger charge is -2.08. The average Bonchev–Trinajstić information content (AvgIpc) is 2.71. The van der Waals surface area contributed by atoms with Crippen LogP contribution in [0.5, 0.6) is 0 Å². The number of aromatic nitrogens is 1. The Labute approximate surface area is 121 Å². The Balaban J connectivity index is 2.26. The van der Waals surface area contributed by atoms with Gasteiger partial charge in [-0.2, -0.15) is 0 Å². The first-order valence-corrected chi connectivity index (χ1v) is 7.71. The van der Waals surface area contributed by atoms with Gasteiger partial charge in [-0.1, -0.05) is 35.0 Å². The lowest BCUT2D eigenvalue weighted by atomic mass is 10.1. The largest absolute Gasteiger partial charge is 0.359 e. The molecule has 1 N–H and O–H groups in total. The number of nitrogens with zero attached hydrogens (tertiary/aromatic N) is 1.